The van der Waals surface area contributed by atoms with Crippen LogP contribution >= 0.6 is 11.3 Å². The summed E-state index contributed by atoms with van der Waals surface area (Å²) >= 11 is 1.37. The van der Waals surface area contributed by atoms with Crippen LogP contribution in [0.1, 0.15) is 61.3 Å². The van der Waals surface area contributed by atoms with Crippen LogP contribution in [-0.4, -0.2) is 41.7 Å². The lowest BCUT2D eigenvalue weighted by molar-refractivity contribution is 0.0531. The number of nitrogens with one attached hydrogen (secondary N) is 1. The van der Waals surface area contributed by atoms with Crippen molar-refractivity contribution in [2.24, 2.45) is 0 Å². The van der Waals surface area contributed by atoms with Crippen molar-refractivity contribution in [1.82, 2.24) is 9.38 Å². The lowest BCUT2D eigenvalue weighted by Crippen LogP contribution is -2.23. The van der Waals surface area contributed by atoms with Crippen LogP contribution in [0.25, 0.3) is 16.2 Å². The SMILES string of the molecule is CCOC(=O)c1sc2nc(-c3ccc(OCC)c(OC)c3)c(NC3CCCCC3)n2c1C. The maximum atomic E-state index is 12.5. The number of fused-ring (bicyclic) bond motifs is 1. The highest BCUT2D eigenvalue weighted by Crippen LogP contribution is 2.39. The molecule has 0 atom stereocenters. The molecule has 4 rings (SSSR count). The predicted octanol–water partition coefficient (Wildman–Crippen LogP) is 5.70. The number of benzene rings is 1. The van der Waals surface area contributed by atoms with Gasteiger partial charge in [0.1, 0.15) is 16.4 Å². The summed E-state index contributed by atoms with van der Waals surface area (Å²) < 4.78 is 18.6. The molecule has 1 N–H and O–H groups in total. The highest BCUT2D eigenvalue weighted by Gasteiger charge is 2.26. The Morgan fingerprint density at radius 1 is 1.19 bits per heavy atom. The third-order valence-corrected chi connectivity index (χ3v) is 6.97. The first-order valence-corrected chi connectivity index (χ1v) is 12.2. The Labute approximate surface area is 192 Å². The standard InChI is InChI=1S/C24H31N3O4S/c1-5-30-18-13-12-16(14-19(18)29-4)20-22(25-17-10-8-7-9-11-17)27-15(3)21(23(28)31-6-2)32-24(27)26-20/h12-14,17,25H,5-11H2,1-4H3. The van der Waals surface area contributed by atoms with Crippen LogP contribution < -0.4 is 14.8 Å². The normalized spacial score (nSPS) is 14.5. The number of hydrogen-bond donors (Lipinski definition) is 1. The van der Waals surface area contributed by atoms with E-state index in [-0.39, 0.29) is 5.97 Å². The van der Waals surface area contributed by atoms with Gasteiger partial charge in [-0.3, -0.25) is 4.40 Å². The maximum absolute atomic E-state index is 12.5. The number of ether oxygens (including phenoxy) is 3. The zero-order valence-electron chi connectivity index (χ0n) is 19.2. The molecule has 1 aliphatic rings. The van der Waals surface area contributed by atoms with Crippen LogP contribution in [0.5, 0.6) is 11.5 Å². The molecule has 2 heterocycles. The van der Waals surface area contributed by atoms with Crippen molar-refractivity contribution in [3.05, 3.63) is 28.8 Å². The molecule has 0 unspecified atom stereocenters. The first-order valence-electron chi connectivity index (χ1n) is 11.3. The van der Waals surface area contributed by atoms with E-state index in [0.29, 0.717) is 35.6 Å². The second-order valence-electron chi connectivity index (χ2n) is 7.94. The Hall–Kier alpha value is -2.74. The molecular weight excluding hydrogens is 426 g/mol. The number of hydrogen-bond acceptors (Lipinski definition) is 7. The fraction of sp³-hybridized carbons (Fsp3) is 0.500. The van der Waals surface area contributed by atoms with Crippen LogP contribution in [0.4, 0.5) is 5.82 Å². The second-order valence-corrected chi connectivity index (χ2v) is 8.92. The number of carbonyl (C=O) groups is 1. The van der Waals surface area contributed by atoms with Gasteiger partial charge in [0, 0.05) is 17.3 Å². The molecule has 0 bridgehead atoms. The Balaban J connectivity index is 1.82. The number of anilines is 1. The lowest BCUT2D eigenvalue weighted by atomic mass is 9.95. The third-order valence-electron chi connectivity index (χ3n) is 5.85. The van der Waals surface area contributed by atoms with Gasteiger partial charge in [-0.05, 0) is 51.8 Å². The van der Waals surface area contributed by atoms with Crippen molar-refractivity contribution in [2.45, 2.75) is 58.9 Å². The van der Waals surface area contributed by atoms with Gasteiger partial charge in [0.2, 0.25) is 0 Å². The number of imidazole rings is 1. The molecule has 0 saturated heterocycles. The summed E-state index contributed by atoms with van der Waals surface area (Å²) in [5, 5.41) is 3.76. The molecule has 2 aromatic heterocycles. The second kappa shape index (κ2) is 9.81. The minimum absolute atomic E-state index is 0.298. The quantitative estimate of drug-likeness (QED) is 0.438. The maximum Gasteiger partial charge on any atom is 0.350 e. The number of aryl methyl sites for hydroxylation is 1. The van der Waals surface area contributed by atoms with Gasteiger partial charge in [0.05, 0.1) is 20.3 Å². The monoisotopic (exact) mass is 457 g/mol. The van der Waals surface area contributed by atoms with Crippen LogP contribution in [-0.2, 0) is 4.74 Å². The Morgan fingerprint density at radius 3 is 2.66 bits per heavy atom. The number of thiazole rings is 1. The van der Waals surface area contributed by atoms with Gasteiger partial charge in [-0.25, -0.2) is 9.78 Å². The van der Waals surface area contributed by atoms with E-state index in [1.54, 1.807) is 7.11 Å². The lowest BCUT2D eigenvalue weighted by Gasteiger charge is -2.24. The highest BCUT2D eigenvalue weighted by molar-refractivity contribution is 7.19. The molecule has 0 radical (unpaired) electrons. The van der Waals surface area contributed by atoms with E-state index in [0.717, 1.165) is 40.6 Å². The molecule has 32 heavy (non-hydrogen) atoms. The topological polar surface area (TPSA) is 74.1 Å². The number of methoxy groups -OCH3 is 1. The van der Waals surface area contributed by atoms with Gasteiger partial charge in [-0.2, -0.15) is 0 Å². The average Bonchev–Trinajstić information content (AvgIpc) is 3.32. The summed E-state index contributed by atoms with van der Waals surface area (Å²) in [5.74, 6) is 2.01. The van der Waals surface area contributed by atoms with E-state index >= 15 is 0 Å². The number of rotatable bonds is 8. The van der Waals surface area contributed by atoms with E-state index in [1.165, 1.54) is 30.6 Å². The summed E-state index contributed by atoms with van der Waals surface area (Å²) in [6.07, 6.45) is 6.00. The van der Waals surface area contributed by atoms with Crippen molar-refractivity contribution < 1.29 is 19.0 Å². The van der Waals surface area contributed by atoms with Gasteiger partial charge in [-0.1, -0.05) is 30.6 Å². The Bertz CT molecular complexity index is 1100. The Kier molecular flexibility index (Phi) is 6.89. The first kappa shape index (κ1) is 22.5. The summed E-state index contributed by atoms with van der Waals surface area (Å²) in [4.78, 5) is 18.8. The molecule has 8 heteroatoms. The van der Waals surface area contributed by atoms with Gasteiger partial charge in [0.15, 0.2) is 16.5 Å². The number of esters is 1. The molecule has 172 valence electrons. The fourth-order valence-electron chi connectivity index (χ4n) is 4.30. The predicted molar refractivity (Wildman–Crippen MR) is 127 cm³/mol. The van der Waals surface area contributed by atoms with Crippen molar-refractivity contribution in [1.29, 1.82) is 0 Å². The highest BCUT2D eigenvalue weighted by atomic mass is 32.1. The van der Waals surface area contributed by atoms with E-state index in [9.17, 15) is 4.79 Å². The summed E-state index contributed by atoms with van der Waals surface area (Å²) in [5.41, 5.74) is 2.64. The molecule has 1 saturated carbocycles. The van der Waals surface area contributed by atoms with Gasteiger partial charge in [-0.15, -0.1) is 0 Å². The summed E-state index contributed by atoms with van der Waals surface area (Å²) in [7, 11) is 1.64. The molecule has 1 aliphatic carbocycles. The van der Waals surface area contributed by atoms with Gasteiger partial charge in [0.25, 0.3) is 0 Å². The Morgan fingerprint density at radius 2 is 1.97 bits per heavy atom. The molecule has 0 spiro atoms. The van der Waals surface area contributed by atoms with Crippen molar-refractivity contribution in [3.8, 4) is 22.8 Å². The zero-order valence-corrected chi connectivity index (χ0v) is 20.0. The number of aromatic nitrogens is 2. The third kappa shape index (κ3) is 4.28. The number of nitrogens with zero attached hydrogens (tertiary/aromatic N) is 2. The molecule has 0 amide bonds. The summed E-state index contributed by atoms with van der Waals surface area (Å²) in [6.45, 7) is 6.64. The van der Waals surface area contributed by atoms with E-state index in [2.05, 4.69) is 9.72 Å². The van der Waals surface area contributed by atoms with Crippen LogP contribution in [0, 0.1) is 6.92 Å². The van der Waals surface area contributed by atoms with Gasteiger partial charge < -0.3 is 19.5 Å². The van der Waals surface area contributed by atoms with E-state index < -0.39 is 0 Å². The molecular formula is C24H31N3O4S. The first-order chi connectivity index (χ1) is 15.6. The molecule has 1 fully saturated rings. The molecule has 7 nitrogen and oxygen atoms in total. The van der Waals surface area contributed by atoms with Crippen LogP contribution in [0.2, 0.25) is 0 Å². The molecule has 3 aromatic rings. The minimum Gasteiger partial charge on any atom is -0.493 e. The fourth-order valence-corrected chi connectivity index (χ4v) is 5.32. The van der Waals surface area contributed by atoms with Crippen LogP contribution in [0.15, 0.2) is 18.2 Å². The smallest absolute Gasteiger partial charge is 0.350 e. The van der Waals surface area contributed by atoms with Gasteiger partial charge >= 0.3 is 5.97 Å². The average molecular weight is 458 g/mol. The van der Waals surface area contributed by atoms with Crippen molar-refractivity contribution in [3.63, 3.8) is 0 Å². The van der Waals surface area contributed by atoms with Crippen LogP contribution in [0.3, 0.4) is 0 Å². The summed E-state index contributed by atoms with van der Waals surface area (Å²) in [6, 6.07) is 6.28. The minimum atomic E-state index is -0.298. The zero-order chi connectivity index (χ0) is 22.7. The molecule has 1 aromatic carbocycles. The molecule has 0 aliphatic heterocycles. The number of carbonyl (C=O) groups excluding carboxylic acids is 1. The van der Waals surface area contributed by atoms with Crippen molar-refractivity contribution >= 4 is 28.1 Å². The largest absolute Gasteiger partial charge is 0.493 e. The van der Waals surface area contributed by atoms with E-state index in [4.69, 9.17) is 19.2 Å². The van der Waals surface area contributed by atoms with Crippen molar-refractivity contribution in [2.75, 3.05) is 25.6 Å². The van der Waals surface area contributed by atoms with E-state index in [1.807, 2.05) is 39.0 Å².